The van der Waals surface area contributed by atoms with Gasteiger partial charge in [0.05, 0.1) is 5.56 Å². The van der Waals surface area contributed by atoms with E-state index in [2.05, 4.69) is 10.3 Å². The number of nitrogens with one attached hydrogen (secondary N) is 1. The molecule has 0 radical (unpaired) electrons. The number of carboxylic acids is 1. The lowest BCUT2D eigenvalue weighted by atomic mass is 10.1. The zero-order chi connectivity index (χ0) is 15.2. The number of rotatable bonds is 5. The molecule has 0 aliphatic rings. The second-order valence-electron chi connectivity index (χ2n) is 4.68. The molecule has 2 aromatic rings. The molecule has 5 nitrogen and oxygen atoms in total. The van der Waals surface area contributed by atoms with E-state index in [1.54, 1.807) is 43.5 Å². The molecule has 108 valence electrons. The van der Waals surface area contributed by atoms with Gasteiger partial charge < -0.3 is 10.4 Å². The minimum absolute atomic E-state index is 0.0686. The number of carbonyl (C=O) groups excluding carboxylic acids is 1. The van der Waals surface area contributed by atoms with Crippen molar-refractivity contribution in [2.75, 3.05) is 5.32 Å². The van der Waals surface area contributed by atoms with Crippen molar-refractivity contribution >= 4 is 17.6 Å². The largest absolute Gasteiger partial charge is 0.481 e. The average Bonchev–Trinajstić information content (AvgIpc) is 2.46. The highest BCUT2D eigenvalue weighted by molar-refractivity contribution is 6.04. The number of carboxylic acid groups (broad SMARTS) is 1. The van der Waals surface area contributed by atoms with Gasteiger partial charge in [-0.2, -0.15) is 0 Å². The second-order valence-corrected chi connectivity index (χ2v) is 4.68. The van der Waals surface area contributed by atoms with Crippen LogP contribution in [0.15, 0.2) is 42.6 Å². The van der Waals surface area contributed by atoms with Crippen molar-refractivity contribution in [1.29, 1.82) is 0 Å². The number of nitrogens with zero attached hydrogens (tertiary/aromatic N) is 1. The van der Waals surface area contributed by atoms with E-state index < -0.39 is 5.97 Å². The molecule has 0 aliphatic heterocycles. The van der Waals surface area contributed by atoms with Crippen LogP contribution in [-0.2, 0) is 11.2 Å². The Labute approximate surface area is 122 Å². The van der Waals surface area contributed by atoms with Gasteiger partial charge in [-0.3, -0.25) is 14.6 Å². The normalized spacial score (nSPS) is 10.1. The minimum atomic E-state index is -0.838. The summed E-state index contributed by atoms with van der Waals surface area (Å²) in [5.41, 5.74) is 2.70. The summed E-state index contributed by atoms with van der Waals surface area (Å²) in [7, 11) is 0. The third-order valence-electron chi connectivity index (χ3n) is 3.06. The highest BCUT2D eigenvalue weighted by Gasteiger charge is 2.09. The number of hydrogen-bond acceptors (Lipinski definition) is 3. The molecular weight excluding hydrogens is 268 g/mol. The van der Waals surface area contributed by atoms with Crippen LogP contribution in [0.25, 0.3) is 0 Å². The second kappa shape index (κ2) is 6.65. The molecule has 2 N–H and O–H groups in total. The Morgan fingerprint density at radius 3 is 2.76 bits per heavy atom. The smallest absolute Gasteiger partial charge is 0.303 e. The predicted octanol–water partition coefficient (Wildman–Crippen LogP) is 2.66. The molecule has 0 bridgehead atoms. The average molecular weight is 284 g/mol. The minimum Gasteiger partial charge on any atom is -0.481 e. The summed E-state index contributed by atoms with van der Waals surface area (Å²) in [4.78, 5) is 26.8. The molecule has 2 rings (SSSR count). The fourth-order valence-corrected chi connectivity index (χ4v) is 1.98. The number of aliphatic carboxylic acids is 1. The number of hydrogen-bond donors (Lipinski definition) is 2. The number of anilines is 1. The van der Waals surface area contributed by atoms with E-state index in [9.17, 15) is 9.59 Å². The van der Waals surface area contributed by atoms with E-state index in [0.29, 0.717) is 23.4 Å². The molecule has 1 amide bonds. The highest BCUT2D eigenvalue weighted by atomic mass is 16.4. The van der Waals surface area contributed by atoms with Gasteiger partial charge in [-0.05, 0) is 43.2 Å². The van der Waals surface area contributed by atoms with Crippen molar-refractivity contribution in [2.24, 2.45) is 0 Å². The molecule has 0 saturated carbocycles. The van der Waals surface area contributed by atoms with Gasteiger partial charge in [0.1, 0.15) is 0 Å². The molecule has 1 heterocycles. The Morgan fingerprint density at radius 2 is 2.05 bits per heavy atom. The lowest BCUT2D eigenvalue weighted by molar-refractivity contribution is -0.136. The highest BCUT2D eigenvalue weighted by Crippen LogP contribution is 2.14. The number of amides is 1. The van der Waals surface area contributed by atoms with Crippen molar-refractivity contribution < 1.29 is 14.7 Å². The van der Waals surface area contributed by atoms with E-state index in [-0.39, 0.29) is 12.3 Å². The predicted molar refractivity (Wildman–Crippen MR) is 79.3 cm³/mol. The van der Waals surface area contributed by atoms with Gasteiger partial charge in [0, 0.05) is 24.0 Å². The molecule has 0 unspecified atom stereocenters. The van der Waals surface area contributed by atoms with Crippen LogP contribution in [0.4, 0.5) is 5.69 Å². The summed E-state index contributed by atoms with van der Waals surface area (Å²) in [6.45, 7) is 1.78. The molecule has 0 aliphatic carbocycles. The number of aryl methyl sites for hydroxylation is 2. The lowest BCUT2D eigenvalue weighted by Gasteiger charge is -2.08. The zero-order valence-corrected chi connectivity index (χ0v) is 11.7. The van der Waals surface area contributed by atoms with Crippen LogP contribution in [0.3, 0.4) is 0 Å². The van der Waals surface area contributed by atoms with Crippen LogP contribution in [-0.4, -0.2) is 22.0 Å². The molecule has 5 heteroatoms. The third-order valence-corrected chi connectivity index (χ3v) is 3.06. The van der Waals surface area contributed by atoms with E-state index in [0.717, 1.165) is 5.56 Å². The Balaban J connectivity index is 2.09. The molecule has 0 fully saturated rings. The summed E-state index contributed by atoms with van der Waals surface area (Å²) in [6.07, 6.45) is 2.14. The molecule has 1 aromatic carbocycles. The van der Waals surface area contributed by atoms with E-state index in [4.69, 9.17) is 5.11 Å². The van der Waals surface area contributed by atoms with Gasteiger partial charge in [-0.25, -0.2) is 0 Å². The topological polar surface area (TPSA) is 79.3 Å². The molecular formula is C16H16N2O3. The quantitative estimate of drug-likeness (QED) is 0.884. The van der Waals surface area contributed by atoms with Crippen molar-refractivity contribution in [2.45, 2.75) is 19.8 Å². The standard InChI is InChI=1S/C16H16N2O3/c1-11-14(6-3-9-17-11)16(21)18-13-5-2-4-12(10-13)7-8-15(19)20/h2-6,9-10H,7-8H2,1H3,(H,18,21)(H,19,20). The Kier molecular flexibility index (Phi) is 4.66. The van der Waals surface area contributed by atoms with Gasteiger partial charge in [-0.1, -0.05) is 12.1 Å². The molecule has 0 saturated heterocycles. The van der Waals surface area contributed by atoms with Crippen molar-refractivity contribution in [1.82, 2.24) is 4.98 Å². The molecule has 1 aromatic heterocycles. The maximum absolute atomic E-state index is 12.2. The molecule has 0 atom stereocenters. The molecule has 21 heavy (non-hydrogen) atoms. The molecule has 0 spiro atoms. The Morgan fingerprint density at radius 1 is 1.24 bits per heavy atom. The van der Waals surface area contributed by atoms with E-state index in [1.165, 1.54) is 0 Å². The van der Waals surface area contributed by atoms with Crippen molar-refractivity contribution in [3.8, 4) is 0 Å². The van der Waals surface area contributed by atoms with Crippen LogP contribution < -0.4 is 5.32 Å². The van der Waals surface area contributed by atoms with Gasteiger partial charge in [0.15, 0.2) is 0 Å². The van der Waals surface area contributed by atoms with Gasteiger partial charge in [0.25, 0.3) is 5.91 Å². The number of carbonyl (C=O) groups is 2. The third kappa shape index (κ3) is 4.14. The number of benzene rings is 1. The van der Waals surface area contributed by atoms with Crippen LogP contribution in [0.5, 0.6) is 0 Å². The zero-order valence-electron chi connectivity index (χ0n) is 11.7. The number of aromatic nitrogens is 1. The lowest BCUT2D eigenvalue weighted by Crippen LogP contribution is -2.14. The first kappa shape index (κ1) is 14.7. The fourth-order valence-electron chi connectivity index (χ4n) is 1.98. The monoisotopic (exact) mass is 284 g/mol. The first-order valence-electron chi connectivity index (χ1n) is 6.60. The van der Waals surface area contributed by atoms with Gasteiger partial charge in [0.2, 0.25) is 0 Å². The van der Waals surface area contributed by atoms with Crippen molar-refractivity contribution in [3.05, 3.63) is 59.4 Å². The van der Waals surface area contributed by atoms with Crippen LogP contribution in [0.1, 0.15) is 28.0 Å². The summed E-state index contributed by atoms with van der Waals surface area (Å²) in [5.74, 6) is -1.06. The van der Waals surface area contributed by atoms with Crippen LogP contribution >= 0.6 is 0 Å². The van der Waals surface area contributed by atoms with Crippen LogP contribution in [0, 0.1) is 6.92 Å². The fraction of sp³-hybridized carbons (Fsp3) is 0.188. The number of pyridine rings is 1. The first-order valence-corrected chi connectivity index (χ1v) is 6.60. The van der Waals surface area contributed by atoms with Crippen LogP contribution in [0.2, 0.25) is 0 Å². The summed E-state index contributed by atoms with van der Waals surface area (Å²) in [6, 6.07) is 10.6. The Bertz CT molecular complexity index is 668. The Hall–Kier alpha value is -2.69. The summed E-state index contributed by atoms with van der Waals surface area (Å²) in [5, 5.41) is 11.5. The summed E-state index contributed by atoms with van der Waals surface area (Å²) >= 11 is 0. The first-order chi connectivity index (χ1) is 10.1. The van der Waals surface area contributed by atoms with Crippen molar-refractivity contribution in [3.63, 3.8) is 0 Å². The van der Waals surface area contributed by atoms with E-state index in [1.807, 2.05) is 6.07 Å². The summed E-state index contributed by atoms with van der Waals surface area (Å²) < 4.78 is 0. The maximum Gasteiger partial charge on any atom is 0.303 e. The van der Waals surface area contributed by atoms with E-state index >= 15 is 0 Å². The van der Waals surface area contributed by atoms with Gasteiger partial charge in [-0.15, -0.1) is 0 Å². The SMILES string of the molecule is Cc1ncccc1C(=O)Nc1cccc(CCC(=O)O)c1. The van der Waals surface area contributed by atoms with Gasteiger partial charge >= 0.3 is 5.97 Å². The maximum atomic E-state index is 12.2.